The number of hydrogen-bond acceptors (Lipinski definition) is 4. The maximum atomic E-state index is 8.97. The Hall–Kier alpha value is -2.87. The molecule has 0 amide bonds. The van der Waals surface area contributed by atoms with Crippen LogP contribution in [-0.4, -0.2) is 14.5 Å². The molecule has 0 spiro atoms. The summed E-state index contributed by atoms with van der Waals surface area (Å²) < 4.78 is 1.96. The van der Waals surface area contributed by atoms with Gasteiger partial charge in [0, 0.05) is 18.8 Å². The zero-order valence-corrected chi connectivity index (χ0v) is 12.0. The van der Waals surface area contributed by atoms with Gasteiger partial charge >= 0.3 is 0 Å². The number of anilines is 2. The molecule has 0 fully saturated rings. The van der Waals surface area contributed by atoms with Crippen LogP contribution in [0.15, 0.2) is 36.8 Å². The summed E-state index contributed by atoms with van der Waals surface area (Å²) in [7, 11) is 1.96. The zero-order valence-electron chi connectivity index (χ0n) is 12.0. The highest BCUT2D eigenvalue weighted by atomic mass is 15.0. The zero-order chi connectivity index (χ0) is 14.8. The lowest BCUT2D eigenvalue weighted by Gasteiger charge is -2.11. The van der Waals surface area contributed by atoms with Crippen molar-refractivity contribution < 1.29 is 0 Å². The van der Waals surface area contributed by atoms with Gasteiger partial charge in [0.15, 0.2) is 0 Å². The SMILES string of the molecule is CCc1cc(C#N)ccc1Nc1cc2c(cn1)ncn2C. The minimum Gasteiger partial charge on any atom is -0.340 e. The fraction of sp³-hybridized carbons (Fsp3) is 0.188. The van der Waals surface area contributed by atoms with Crippen molar-refractivity contribution in [3.05, 3.63) is 47.9 Å². The summed E-state index contributed by atoms with van der Waals surface area (Å²) in [5.74, 6) is 0.769. The van der Waals surface area contributed by atoms with E-state index in [1.807, 2.05) is 35.9 Å². The number of nitrogens with one attached hydrogen (secondary N) is 1. The van der Waals surface area contributed by atoms with Gasteiger partial charge in [-0.05, 0) is 30.2 Å². The molecule has 3 rings (SSSR count). The normalized spacial score (nSPS) is 10.5. The molecule has 0 aliphatic carbocycles. The predicted octanol–water partition coefficient (Wildman–Crippen LogP) is 3.15. The first kappa shape index (κ1) is 13.1. The van der Waals surface area contributed by atoms with E-state index in [0.717, 1.165) is 34.5 Å². The summed E-state index contributed by atoms with van der Waals surface area (Å²) in [6, 6.07) is 9.78. The fourth-order valence-corrected chi connectivity index (χ4v) is 2.31. The predicted molar refractivity (Wildman–Crippen MR) is 82.3 cm³/mol. The van der Waals surface area contributed by atoms with Crippen molar-refractivity contribution in [1.29, 1.82) is 5.26 Å². The average Bonchev–Trinajstić information content (AvgIpc) is 2.89. The lowest BCUT2D eigenvalue weighted by molar-refractivity contribution is 0.947. The van der Waals surface area contributed by atoms with Crippen LogP contribution < -0.4 is 5.32 Å². The highest BCUT2D eigenvalue weighted by Gasteiger charge is 2.06. The summed E-state index contributed by atoms with van der Waals surface area (Å²) in [5, 5.41) is 12.3. The molecular formula is C16H15N5. The molecule has 1 aromatic carbocycles. The Labute approximate surface area is 122 Å². The molecule has 0 aliphatic heterocycles. The molecular weight excluding hydrogens is 262 g/mol. The maximum absolute atomic E-state index is 8.97. The molecule has 0 bridgehead atoms. The van der Waals surface area contributed by atoms with E-state index < -0.39 is 0 Å². The highest BCUT2D eigenvalue weighted by Crippen LogP contribution is 2.23. The summed E-state index contributed by atoms with van der Waals surface area (Å²) in [4.78, 5) is 8.64. The Morgan fingerprint density at radius 2 is 2.14 bits per heavy atom. The minimum atomic E-state index is 0.674. The van der Waals surface area contributed by atoms with Crippen LogP contribution in [0.3, 0.4) is 0 Å². The fourth-order valence-electron chi connectivity index (χ4n) is 2.31. The average molecular weight is 277 g/mol. The molecule has 0 radical (unpaired) electrons. The summed E-state index contributed by atoms with van der Waals surface area (Å²) in [6.45, 7) is 2.07. The van der Waals surface area contributed by atoms with Gasteiger partial charge in [0.05, 0.1) is 29.7 Å². The molecule has 0 unspecified atom stereocenters. The first-order valence-corrected chi connectivity index (χ1v) is 6.78. The Balaban J connectivity index is 1.98. The van der Waals surface area contributed by atoms with E-state index in [0.29, 0.717) is 5.56 Å². The van der Waals surface area contributed by atoms with Crippen LogP contribution in [0.5, 0.6) is 0 Å². The van der Waals surface area contributed by atoms with Crippen LogP contribution in [0.2, 0.25) is 0 Å². The first-order chi connectivity index (χ1) is 10.2. The van der Waals surface area contributed by atoms with Crippen molar-refractivity contribution in [2.45, 2.75) is 13.3 Å². The van der Waals surface area contributed by atoms with Gasteiger partial charge in [-0.1, -0.05) is 6.92 Å². The van der Waals surface area contributed by atoms with E-state index in [2.05, 4.69) is 28.3 Å². The molecule has 104 valence electrons. The van der Waals surface area contributed by atoms with E-state index in [4.69, 9.17) is 5.26 Å². The number of nitriles is 1. The van der Waals surface area contributed by atoms with Gasteiger partial charge in [0.25, 0.3) is 0 Å². The Kier molecular flexibility index (Phi) is 3.28. The number of nitrogens with zero attached hydrogens (tertiary/aromatic N) is 4. The van der Waals surface area contributed by atoms with Gasteiger partial charge < -0.3 is 9.88 Å². The first-order valence-electron chi connectivity index (χ1n) is 6.78. The Morgan fingerprint density at radius 1 is 1.29 bits per heavy atom. The number of aryl methyl sites for hydroxylation is 2. The lowest BCUT2D eigenvalue weighted by atomic mass is 10.1. The van der Waals surface area contributed by atoms with Gasteiger partial charge in [-0.2, -0.15) is 5.26 Å². The number of rotatable bonds is 3. The number of imidazole rings is 1. The number of aromatic nitrogens is 3. The second kappa shape index (κ2) is 5.25. The van der Waals surface area contributed by atoms with Crippen molar-refractivity contribution in [2.24, 2.45) is 7.05 Å². The molecule has 21 heavy (non-hydrogen) atoms. The highest BCUT2D eigenvalue weighted by molar-refractivity contribution is 5.78. The lowest BCUT2D eigenvalue weighted by Crippen LogP contribution is -1.98. The Morgan fingerprint density at radius 3 is 2.90 bits per heavy atom. The van der Waals surface area contributed by atoms with E-state index in [-0.39, 0.29) is 0 Å². The van der Waals surface area contributed by atoms with Gasteiger partial charge in [-0.25, -0.2) is 9.97 Å². The number of pyridine rings is 1. The molecule has 2 heterocycles. The number of benzene rings is 1. The topological polar surface area (TPSA) is 66.5 Å². The van der Waals surface area contributed by atoms with Crippen molar-refractivity contribution in [3.63, 3.8) is 0 Å². The van der Waals surface area contributed by atoms with Crippen LogP contribution in [0.4, 0.5) is 11.5 Å². The van der Waals surface area contributed by atoms with E-state index in [9.17, 15) is 0 Å². The van der Waals surface area contributed by atoms with Crippen LogP contribution in [0.25, 0.3) is 11.0 Å². The van der Waals surface area contributed by atoms with Crippen molar-refractivity contribution >= 4 is 22.5 Å². The summed E-state index contributed by atoms with van der Waals surface area (Å²) >= 11 is 0. The third-order valence-electron chi connectivity index (χ3n) is 3.49. The van der Waals surface area contributed by atoms with E-state index in [1.165, 1.54) is 0 Å². The molecule has 0 saturated heterocycles. The van der Waals surface area contributed by atoms with Gasteiger partial charge in [0.2, 0.25) is 0 Å². The van der Waals surface area contributed by atoms with Crippen LogP contribution in [-0.2, 0) is 13.5 Å². The largest absolute Gasteiger partial charge is 0.340 e. The third-order valence-corrected chi connectivity index (χ3v) is 3.49. The van der Waals surface area contributed by atoms with Crippen LogP contribution in [0, 0.1) is 11.3 Å². The van der Waals surface area contributed by atoms with Crippen molar-refractivity contribution in [1.82, 2.24) is 14.5 Å². The molecule has 5 heteroatoms. The second-order valence-corrected chi connectivity index (χ2v) is 4.88. The second-order valence-electron chi connectivity index (χ2n) is 4.88. The molecule has 0 aliphatic rings. The molecule has 0 saturated carbocycles. The van der Waals surface area contributed by atoms with Crippen LogP contribution in [0.1, 0.15) is 18.1 Å². The molecule has 5 nitrogen and oxygen atoms in total. The number of hydrogen-bond donors (Lipinski definition) is 1. The standard InChI is InChI=1S/C16H15N5/c1-3-12-6-11(8-17)4-5-13(12)20-16-7-15-14(9-18-16)19-10-21(15)2/h4-7,9-10H,3H2,1-2H3,(H,18,20). The molecule has 0 atom stereocenters. The molecule has 2 aromatic heterocycles. The van der Waals surface area contributed by atoms with E-state index >= 15 is 0 Å². The molecule has 1 N–H and O–H groups in total. The monoisotopic (exact) mass is 277 g/mol. The van der Waals surface area contributed by atoms with Crippen molar-refractivity contribution in [2.75, 3.05) is 5.32 Å². The quantitative estimate of drug-likeness (QED) is 0.798. The van der Waals surface area contributed by atoms with Crippen molar-refractivity contribution in [3.8, 4) is 6.07 Å². The minimum absolute atomic E-state index is 0.674. The third kappa shape index (κ3) is 2.43. The van der Waals surface area contributed by atoms with Crippen LogP contribution >= 0.6 is 0 Å². The van der Waals surface area contributed by atoms with E-state index in [1.54, 1.807) is 12.5 Å². The van der Waals surface area contributed by atoms with Gasteiger partial charge in [-0.15, -0.1) is 0 Å². The number of fused-ring (bicyclic) bond motifs is 1. The summed E-state index contributed by atoms with van der Waals surface area (Å²) in [5.41, 5.74) is 4.65. The maximum Gasteiger partial charge on any atom is 0.132 e. The molecule has 3 aromatic rings. The van der Waals surface area contributed by atoms with Gasteiger partial charge in [-0.3, -0.25) is 0 Å². The summed E-state index contributed by atoms with van der Waals surface area (Å²) in [6.07, 6.45) is 4.38. The smallest absolute Gasteiger partial charge is 0.132 e. The Bertz CT molecular complexity index is 841. The van der Waals surface area contributed by atoms with Gasteiger partial charge in [0.1, 0.15) is 11.3 Å².